The molecule has 2 aromatic rings. The number of rotatable bonds is 1. The maximum Gasteiger partial charge on any atom is 0.224 e. The van der Waals surface area contributed by atoms with E-state index in [1.165, 1.54) is 0 Å². The second-order valence-corrected chi connectivity index (χ2v) is 8.68. The van der Waals surface area contributed by atoms with Gasteiger partial charge in [0, 0.05) is 24.6 Å². The average Bonchev–Trinajstić information content (AvgIpc) is 2.75. The molecule has 2 aliphatic rings. The number of allylic oxidation sites excluding steroid dienone is 1. The van der Waals surface area contributed by atoms with Crippen LogP contribution in [0.1, 0.15) is 50.8 Å². The van der Waals surface area contributed by atoms with Crippen LogP contribution < -0.4 is 10.2 Å². The first-order chi connectivity index (χ1) is 13.3. The van der Waals surface area contributed by atoms with E-state index in [1.807, 2.05) is 55.5 Å². The molecule has 0 bridgehead atoms. The van der Waals surface area contributed by atoms with E-state index < -0.39 is 6.04 Å². The maximum absolute atomic E-state index is 13.3. The number of para-hydroxylation sites is 2. The van der Waals surface area contributed by atoms with Gasteiger partial charge in [-0.1, -0.05) is 55.8 Å². The summed E-state index contributed by atoms with van der Waals surface area (Å²) in [4.78, 5) is 27.9. The summed E-state index contributed by atoms with van der Waals surface area (Å²) in [6, 6.07) is 15.5. The molecule has 0 aromatic heterocycles. The lowest BCUT2D eigenvalue weighted by atomic mass is 9.73. The average molecular weight is 374 g/mol. The lowest BCUT2D eigenvalue weighted by Crippen LogP contribution is -2.38. The van der Waals surface area contributed by atoms with Crippen LogP contribution in [0.4, 0.5) is 11.4 Å². The second kappa shape index (κ2) is 6.62. The predicted octanol–water partition coefficient (Wildman–Crippen LogP) is 5.16. The topological polar surface area (TPSA) is 49.4 Å². The van der Waals surface area contributed by atoms with E-state index in [9.17, 15) is 9.59 Å². The third kappa shape index (κ3) is 3.13. The highest BCUT2D eigenvalue weighted by Gasteiger charge is 2.42. The summed E-state index contributed by atoms with van der Waals surface area (Å²) >= 11 is 0. The molecule has 4 heteroatoms. The number of hydrogen-bond acceptors (Lipinski definition) is 3. The Labute approximate surface area is 166 Å². The molecule has 1 N–H and O–H groups in total. The number of aryl methyl sites for hydroxylation is 1. The van der Waals surface area contributed by atoms with Crippen LogP contribution in [0, 0.1) is 12.3 Å². The van der Waals surface area contributed by atoms with Crippen molar-refractivity contribution < 1.29 is 9.59 Å². The van der Waals surface area contributed by atoms with Crippen LogP contribution in [-0.2, 0) is 9.59 Å². The first-order valence-corrected chi connectivity index (χ1v) is 9.75. The summed E-state index contributed by atoms with van der Waals surface area (Å²) in [5.74, 6) is 0.0367. The molecule has 2 aromatic carbocycles. The van der Waals surface area contributed by atoms with E-state index in [1.54, 1.807) is 11.8 Å². The number of amides is 1. The Bertz CT molecular complexity index is 986. The summed E-state index contributed by atoms with van der Waals surface area (Å²) in [5.41, 5.74) is 5.32. The van der Waals surface area contributed by atoms with Crippen molar-refractivity contribution in [1.82, 2.24) is 0 Å². The largest absolute Gasteiger partial charge is 0.357 e. The molecule has 1 aliphatic carbocycles. The first kappa shape index (κ1) is 18.5. The minimum Gasteiger partial charge on any atom is -0.357 e. The van der Waals surface area contributed by atoms with Gasteiger partial charge >= 0.3 is 0 Å². The molecule has 0 saturated carbocycles. The van der Waals surface area contributed by atoms with Gasteiger partial charge in [0.2, 0.25) is 5.91 Å². The monoisotopic (exact) mass is 374 g/mol. The van der Waals surface area contributed by atoms with Crippen molar-refractivity contribution in [2.24, 2.45) is 5.41 Å². The fourth-order valence-electron chi connectivity index (χ4n) is 4.40. The molecule has 1 amide bonds. The molecule has 28 heavy (non-hydrogen) atoms. The van der Waals surface area contributed by atoms with Crippen LogP contribution in [-0.4, -0.2) is 11.7 Å². The number of fused-ring (bicyclic) bond motifs is 1. The van der Waals surface area contributed by atoms with Gasteiger partial charge in [0.15, 0.2) is 5.78 Å². The molecule has 0 spiro atoms. The zero-order valence-corrected chi connectivity index (χ0v) is 16.9. The molecule has 0 unspecified atom stereocenters. The Morgan fingerprint density at radius 3 is 2.43 bits per heavy atom. The molecule has 1 atom stereocenters. The minimum absolute atomic E-state index is 0.0776. The van der Waals surface area contributed by atoms with Crippen LogP contribution in [0.5, 0.6) is 0 Å². The zero-order chi connectivity index (χ0) is 20.1. The summed E-state index contributed by atoms with van der Waals surface area (Å²) in [6.07, 6.45) is 1.26. The SMILES string of the molecule is CC(=O)N1c2ccccc2NC2=C(C(=O)CC(C)(C)C2)[C@H]1c1ccc(C)cc1. The fourth-order valence-corrected chi connectivity index (χ4v) is 4.40. The van der Waals surface area contributed by atoms with E-state index >= 15 is 0 Å². The standard InChI is InChI=1S/C24H26N2O2/c1-15-9-11-17(12-10-15)23-22-19(13-24(3,4)14-21(22)28)25-18-7-5-6-8-20(18)26(23)16(2)27/h5-12,23,25H,13-14H2,1-4H3/t23-/m1/s1. The van der Waals surface area contributed by atoms with Crippen LogP contribution in [0.25, 0.3) is 0 Å². The van der Waals surface area contributed by atoms with Crippen LogP contribution in [0.2, 0.25) is 0 Å². The lowest BCUT2D eigenvalue weighted by Gasteiger charge is -2.36. The van der Waals surface area contributed by atoms with Crippen molar-refractivity contribution in [3.63, 3.8) is 0 Å². The summed E-state index contributed by atoms with van der Waals surface area (Å²) < 4.78 is 0. The van der Waals surface area contributed by atoms with E-state index in [0.717, 1.165) is 40.2 Å². The number of hydrogen-bond donors (Lipinski definition) is 1. The number of ketones is 1. The number of carbonyl (C=O) groups is 2. The van der Waals surface area contributed by atoms with Gasteiger partial charge in [0.1, 0.15) is 0 Å². The number of carbonyl (C=O) groups excluding carboxylic acids is 2. The number of nitrogens with zero attached hydrogens (tertiary/aromatic N) is 1. The highest BCUT2D eigenvalue weighted by Crippen LogP contribution is 2.48. The Kier molecular flexibility index (Phi) is 4.37. The molecule has 0 fully saturated rings. The van der Waals surface area contributed by atoms with E-state index in [-0.39, 0.29) is 17.1 Å². The third-order valence-electron chi connectivity index (χ3n) is 5.63. The third-order valence-corrected chi connectivity index (χ3v) is 5.63. The maximum atomic E-state index is 13.3. The van der Waals surface area contributed by atoms with Gasteiger partial charge in [-0.3, -0.25) is 14.5 Å². The van der Waals surface area contributed by atoms with Gasteiger partial charge in [0.05, 0.1) is 17.4 Å². The highest BCUT2D eigenvalue weighted by atomic mass is 16.2. The van der Waals surface area contributed by atoms with Crippen molar-refractivity contribution in [3.8, 4) is 0 Å². The Morgan fingerprint density at radius 1 is 1.07 bits per heavy atom. The van der Waals surface area contributed by atoms with Crippen LogP contribution >= 0.6 is 0 Å². The molecule has 4 rings (SSSR count). The number of anilines is 2. The minimum atomic E-state index is -0.423. The number of Topliss-reactive ketones (excluding diaryl/α,β-unsaturated/α-hetero) is 1. The summed E-state index contributed by atoms with van der Waals surface area (Å²) in [7, 11) is 0. The van der Waals surface area contributed by atoms with Crippen LogP contribution in [0.3, 0.4) is 0 Å². The van der Waals surface area contributed by atoms with E-state index in [4.69, 9.17) is 0 Å². The van der Waals surface area contributed by atoms with Gasteiger partial charge in [-0.2, -0.15) is 0 Å². The summed E-state index contributed by atoms with van der Waals surface area (Å²) in [6.45, 7) is 7.85. The molecular weight excluding hydrogens is 348 g/mol. The van der Waals surface area contributed by atoms with Gasteiger partial charge in [0.25, 0.3) is 0 Å². The second-order valence-electron chi connectivity index (χ2n) is 8.68. The Hall–Kier alpha value is -2.88. The molecule has 0 radical (unpaired) electrons. The smallest absolute Gasteiger partial charge is 0.224 e. The number of benzene rings is 2. The normalized spacial score (nSPS) is 20.8. The van der Waals surface area contributed by atoms with Crippen molar-refractivity contribution >= 4 is 23.1 Å². The van der Waals surface area contributed by atoms with Crippen molar-refractivity contribution in [3.05, 3.63) is 70.9 Å². The predicted molar refractivity (Wildman–Crippen MR) is 112 cm³/mol. The van der Waals surface area contributed by atoms with Gasteiger partial charge in [-0.25, -0.2) is 0 Å². The molecular formula is C24H26N2O2. The Morgan fingerprint density at radius 2 is 1.75 bits per heavy atom. The molecule has 0 saturated heterocycles. The molecule has 4 nitrogen and oxygen atoms in total. The lowest BCUT2D eigenvalue weighted by molar-refractivity contribution is -0.118. The first-order valence-electron chi connectivity index (χ1n) is 9.75. The summed E-state index contributed by atoms with van der Waals surface area (Å²) in [5, 5.41) is 3.51. The highest BCUT2D eigenvalue weighted by molar-refractivity contribution is 6.05. The van der Waals surface area contributed by atoms with Gasteiger partial charge < -0.3 is 5.32 Å². The van der Waals surface area contributed by atoms with E-state index in [0.29, 0.717) is 6.42 Å². The zero-order valence-electron chi connectivity index (χ0n) is 16.9. The van der Waals surface area contributed by atoms with Crippen molar-refractivity contribution in [2.75, 3.05) is 10.2 Å². The van der Waals surface area contributed by atoms with Crippen LogP contribution in [0.15, 0.2) is 59.8 Å². The van der Waals surface area contributed by atoms with Gasteiger partial charge in [-0.05, 0) is 36.5 Å². The van der Waals surface area contributed by atoms with E-state index in [2.05, 4.69) is 19.2 Å². The molecule has 1 aliphatic heterocycles. The van der Waals surface area contributed by atoms with Crippen molar-refractivity contribution in [2.45, 2.75) is 46.6 Å². The fraction of sp³-hybridized carbons (Fsp3) is 0.333. The Balaban J connectivity index is 2.00. The van der Waals surface area contributed by atoms with Gasteiger partial charge in [-0.15, -0.1) is 0 Å². The van der Waals surface area contributed by atoms with Crippen molar-refractivity contribution in [1.29, 1.82) is 0 Å². The molecule has 1 heterocycles. The number of nitrogens with one attached hydrogen (secondary N) is 1. The molecule has 144 valence electrons. The quantitative estimate of drug-likeness (QED) is 0.750.